The van der Waals surface area contributed by atoms with Crippen LogP contribution in [0.3, 0.4) is 0 Å². The van der Waals surface area contributed by atoms with Gasteiger partial charge in [0.1, 0.15) is 5.82 Å². The number of aromatic nitrogens is 2. The maximum atomic E-state index is 5.26. The predicted molar refractivity (Wildman–Crippen MR) is 236 cm³/mol. The fraction of sp³-hybridized carbons (Fsp3) is 0.0926. The number of para-hydroxylation sites is 3. The van der Waals surface area contributed by atoms with E-state index in [1.165, 1.54) is 77.2 Å². The minimum atomic E-state index is -0.0769. The zero-order chi connectivity index (χ0) is 37.4. The Morgan fingerprint density at radius 1 is 0.518 bits per heavy atom. The quantitative estimate of drug-likeness (QED) is 0.162. The van der Waals surface area contributed by atoms with Crippen LogP contribution in [0.4, 0.5) is 0 Å². The van der Waals surface area contributed by atoms with Crippen LogP contribution in [0.5, 0.6) is 0 Å². The number of nitrogens with zero attached hydrogens (tertiary/aromatic N) is 2. The Morgan fingerprint density at radius 3 is 1.91 bits per heavy atom. The van der Waals surface area contributed by atoms with E-state index in [2.05, 4.69) is 200 Å². The molecule has 0 fully saturated rings. The van der Waals surface area contributed by atoms with Crippen LogP contribution < -0.4 is 0 Å². The van der Waals surface area contributed by atoms with E-state index in [-0.39, 0.29) is 5.41 Å². The van der Waals surface area contributed by atoms with E-state index < -0.39 is 0 Å². The van der Waals surface area contributed by atoms with Crippen LogP contribution in [0.15, 0.2) is 188 Å². The molecule has 0 N–H and O–H groups in total. The summed E-state index contributed by atoms with van der Waals surface area (Å²) in [5.74, 6) is 0.939. The van der Waals surface area contributed by atoms with Crippen molar-refractivity contribution in [1.29, 1.82) is 0 Å². The molecule has 2 heteroatoms. The van der Waals surface area contributed by atoms with Crippen molar-refractivity contribution in [2.24, 2.45) is 0 Å². The topological polar surface area (TPSA) is 17.8 Å². The molecule has 2 nitrogen and oxygen atoms in total. The smallest absolute Gasteiger partial charge is 0.145 e. The van der Waals surface area contributed by atoms with Crippen LogP contribution in [-0.2, 0) is 5.41 Å². The lowest BCUT2D eigenvalue weighted by Gasteiger charge is -2.25. The average Bonchev–Trinajstić information content (AvgIpc) is 3.75. The number of benzene rings is 8. The van der Waals surface area contributed by atoms with Gasteiger partial charge < -0.3 is 0 Å². The number of rotatable bonds is 5. The van der Waals surface area contributed by atoms with Gasteiger partial charge in [-0.25, -0.2) is 4.98 Å². The molecule has 8 aromatic carbocycles. The lowest BCUT2D eigenvalue weighted by Crippen LogP contribution is -2.16. The van der Waals surface area contributed by atoms with Gasteiger partial charge in [-0.05, 0) is 133 Å². The van der Waals surface area contributed by atoms with Gasteiger partial charge in [0.25, 0.3) is 0 Å². The number of fused-ring (bicyclic) bond motifs is 5. The van der Waals surface area contributed by atoms with Crippen LogP contribution in [-0.4, -0.2) is 9.55 Å². The van der Waals surface area contributed by atoms with Crippen molar-refractivity contribution >= 4 is 38.2 Å². The van der Waals surface area contributed by atoms with E-state index in [0.717, 1.165) is 41.0 Å². The maximum absolute atomic E-state index is 5.26. The van der Waals surface area contributed by atoms with Crippen LogP contribution >= 0.6 is 0 Å². The summed E-state index contributed by atoms with van der Waals surface area (Å²) in [6.45, 7) is 4.82. The first kappa shape index (κ1) is 32.6. The van der Waals surface area contributed by atoms with Crippen molar-refractivity contribution in [3.8, 4) is 50.5 Å². The summed E-state index contributed by atoms with van der Waals surface area (Å²) in [4.78, 5) is 5.26. The monoisotopic (exact) mass is 716 g/mol. The molecule has 2 aliphatic rings. The van der Waals surface area contributed by atoms with Crippen LogP contribution in [0.2, 0.25) is 0 Å². The fourth-order valence-corrected chi connectivity index (χ4v) is 9.62. The Bertz CT molecular complexity index is 3070. The van der Waals surface area contributed by atoms with Gasteiger partial charge in [0.2, 0.25) is 0 Å². The first-order valence-corrected chi connectivity index (χ1v) is 19.8. The normalized spacial score (nSPS) is 14.5. The Hall–Kier alpha value is -6.77. The second-order valence-corrected chi connectivity index (χ2v) is 15.8. The highest BCUT2D eigenvalue weighted by atomic mass is 15.1. The second-order valence-electron chi connectivity index (χ2n) is 15.8. The number of hydrogen-bond donors (Lipinski definition) is 0. The zero-order valence-electron chi connectivity index (χ0n) is 31.6. The molecule has 9 aromatic rings. The fourth-order valence-electron chi connectivity index (χ4n) is 9.62. The minimum Gasteiger partial charge on any atom is -0.292 e. The molecule has 0 bridgehead atoms. The summed E-state index contributed by atoms with van der Waals surface area (Å²) in [5, 5.41) is 5.10. The van der Waals surface area contributed by atoms with Crippen molar-refractivity contribution in [3.05, 3.63) is 199 Å². The molecular weight excluding hydrogens is 677 g/mol. The standard InChI is InChI=1S/C54H40N2/c1-54(2)47-25-12-11-22-41(47)44-33-45-46(34-48(44)54)51(37-30-28-36(29-31-37)35-16-5-3-6-17-35)42-23-9-10-24-43(42)52(45)38-18-15-19-39(32-38)53-55-49-26-13-14-27-50(49)56(53)40-20-7-4-8-21-40/h3-10,12-21,23-34H,11,22H2,1-2H3. The molecule has 0 saturated heterocycles. The molecule has 0 amide bonds. The minimum absolute atomic E-state index is 0.0769. The summed E-state index contributed by atoms with van der Waals surface area (Å²) in [6.07, 6.45) is 6.92. The molecule has 0 aliphatic heterocycles. The van der Waals surface area contributed by atoms with Gasteiger partial charge in [0.15, 0.2) is 0 Å². The Kier molecular flexibility index (Phi) is 7.37. The number of allylic oxidation sites excluding steroid dienone is 4. The second kappa shape index (κ2) is 12.6. The third-order valence-electron chi connectivity index (χ3n) is 12.3. The third kappa shape index (κ3) is 4.99. The highest BCUT2D eigenvalue weighted by molar-refractivity contribution is 6.22. The summed E-state index contributed by atoms with van der Waals surface area (Å²) in [5.41, 5.74) is 17.4. The lowest BCUT2D eigenvalue weighted by molar-refractivity contribution is 0.652. The van der Waals surface area contributed by atoms with Crippen molar-refractivity contribution in [2.75, 3.05) is 0 Å². The van der Waals surface area contributed by atoms with E-state index in [4.69, 9.17) is 4.98 Å². The first-order valence-electron chi connectivity index (χ1n) is 19.8. The van der Waals surface area contributed by atoms with E-state index in [1.807, 2.05) is 0 Å². The molecule has 56 heavy (non-hydrogen) atoms. The SMILES string of the molecule is CC1(C)C2=C(CCC=C2)c2cc3c(-c4cccc(-c5nc6ccccc6n5-c5ccccc5)c4)c4ccccc4c(-c4ccc(-c5ccccc5)cc4)c3cc21. The Morgan fingerprint density at radius 2 is 1.12 bits per heavy atom. The molecule has 2 aliphatic carbocycles. The van der Waals surface area contributed by atoms with Gasteiger partial charge in [-0.15, -0.1) is 0 Å². The summed E-state index contributed by atoms with van der Waals surface area (Å²) in [6, 6.07) is 62.1. The van der Waals surface area contributed by atoms with E-state index in [0.29, 0.717) is 0 Å². The molecule has 0 atom stereocenters. The van der Waals surface area contributed by atoms with Crippen molar-refractivity contribution < 1.29 is 0 Å². The molecule has 11 rings (SSSR count). The predicted octanol–water partition coefficient (Wildman–Crippen LogP) is 14.4. The Balaban J connectivity index is 1.19. The number of imidazole rings is 1. The molecule has 1 aromatic heterocycles. The van der Waals surface area contributed by atoms with Gasteiger partial charge in [-0.1, -0.05) is 153 Å². The van der Waals surface area contributed by atoms with E-state index >= 15 is 0 Å². The third-order valence-corrected chi connectivity index (χ3v) is 12.3. The molecule has 0 radical (unpaired) electrons. The molecule has 0 saturated carbocycles. The highest BCUT2D eigenvalue weighted by Crippen LogP contribution is 2.54. The Labute approximate surface area is 327 Å². The molecular formula is C54H40N2. The van der Waals surface area contributed by atoms with E-state index in [1.54, 1.807) is 0 Å². The molecule has 0 spiro atoms. The summed E-state index contributed by atoms with van der Waals surface area (Å²) in [7, 11) is 0. The first-order chi connectivity index (χ1) is 27.5. The van der Waals surface area contributed by atoms with Gasteiger partial charge >= 0.3 is 0 Å². The maximum Gasteiger partial charge on any atom is 0.145 e. The number of hydrogen-bond acceptors (Lipinski definition) is 1. The lowest BCUT2D eigenvalue weighted by atomic mass is 9.78. The molecule has 266 valence electrons. The van der Waals surface area contributed by atoms with Gasteiger partial charge in [-0.2, -0.15) is 0 Å². The highest BCUT2D eigenvalue weighted by Gasteiger charge is 2.38. The zero-order valence-corrected chi connectivity index (χ0v) is 31.6. The summed E-state index contributed by atoms with van der Waals surface area (Å²) < 4.78 is 2.30. The van der Waals surface area contributed by atoms with Gasteiger partial charge in [-0.3, -0.25) is 4.57 Å². The molecule has 0 unspecified atom stereocenters. The van der Waals surface area contributed by atoms with Crippen molar-refractivity contribution in [2.45, 2.75) is 32.1 Å². The van der Waals surface area contributed by atoms with Gasteiger partial charge in [0.05, 0.1) is 11.0 Å². The van der Waals surface area contributed by atoms with Crippen molar-refractivity contribution in [1.82, 2.24) is 9.55 Å². The van der Waals surface area contributed by atoms with Gasteiger partial charge in [0, 0.05) is 16.7 Å². The van der Waals surface area contributed by atoms with Crippen LogP contribution in [0.1, 0.15) is 37.8 Å². The van der Waals surface area contributed by atoms with Crippen molar-refractivity contribution in [3.63, 3.8) is 0 Å². The van der Waals surface area contributed by atoms with E-state index in [9.17, 15) is 0 Å². The summed E-state index contributed by atoms with van der Waals surface area (Å²) >= 11 is 0. The largest absolute Gasteiger partial charge is 0.292 e. The van der Waals surface area contributed by atoms with Crippen LogP contribution in [0.25, 0.3) is 88.6 Å². The molecule has 1 heterocycles. The van der Waals surface area contributed by atoms with Crippen LogP contribution in [0, 0.1) is 0 Å². The average molecular weight is 717 g/mol.